The second-order valence-electron chi connectivity index (χ2n) is 2.16. The van der Waals surface area contributed by atoms with Crippen molar-refractivity contribution in [2.75, 3.05) is 0 Å². The van der Waals surface area contributed by atoms with Crippen molar-refractivity contribution in [3.8, 4) is 0 Å². The number of benzene rings is 1. The van der Waals surface area contributed by atoms with E-state index in [1.807, 2.05) is 30.3 Å². The molecule has 62 valence electrons. The predicted molar refractivity (Wildman–Crippen MR) is 49.8 cm³/mol. The van der Waals surface area contributed by atoms with Gasteiger partial charge in [0.25, 0.3) is 0 Å². The summed E-state index contributed by atoms with van der Waals surface area (Å²) < 4.78 is 0. The highest BCUT2D eigenvalue weighted by Gasteiger charge is 1.96. The highest BCUT2D eigenvalue weighted by Crippen LogP contribution is 1.98. The molecule has 0 saturated heterocycles. The first kappa shape index (κ1) is 8.26. The standard InChI is InChI=1S/C8H10N4/c9-11-6-8(12-10)7-4-2-1-3-5-7/h1-6H,9-10H2. The monoisotopic (exact) mass is 162 g/mol. The van der Waals surface area contributed by atoms with Crippen LogP contribution in [-0.2, 0) is 0 Å². The molecule has 4 nitrogen and oxygen atoms in total. The Kier molecular flexibility index (Phi) is 2.84. The van der Waals surface area contributed by atoms with Crippen molar-refractivity contribution >= 4 is 11.9 Å². The number of hydrogen-bond donors (Lipinski definition) is 2. The second-order valence-corrected chi connectivity index (χ2v) is 2.16. The Hall–Kier alpha value is -1.84. The minimum Gasteiger partial charge on any atom is -0.323 e. The van der Waals surface area contributed by atoms with Gasteiger partial charge in [-0.2, -0.15) is 10.2 Å². The molecule has 0 spiro atoms. The molecule has 0 aliphatic heterocycles. The summed E-state index contributed by atoms with van der Waals surface area (Å²) in [6.45, 7) is 0. The molecule has 0 heterocycles. The van der Waals surface area contributed by atoms with Gasteiger partial charge in [0.05, 0.1) is 6.21 Å². The highest BCUT2D eigenvalue weighted by atomic mass is 15.1. The molecule has 4 heteroatoms. The van der Waals surface area contributed by atoms with Crippen molar-refractivity contribution in [3.05, 3.63) is 35.9 Å². The van der Waals surface area contributed by atoms with E-state index in [0.717, 1.165) is 5.56 Å². The summed E-state index contributed by atoms with van der Waals surface area (Å²) in [7, 11) is 0. The van der Waals surface area contributed by atoms with Gasteiger partial charge in [0.2, 0.25) is 0 Å². The zero-order chi connectivity index (χ0) is 8.81. The average Bonchev–Trinajstić information content (AvgIpc) is 2.15. The van der Waals surface area contributed by atoms with Crippen LogP contribution < -0.4 is 11.7 Å². The first-order valence-electron chi connectivity index (χ1n) is 3.45. The zero-order valence-corrected chi connectivity index (χ0v) is 6.51. The normalized spacial score (nSPS) is 12.2. The van der Waals surface area contributed by atoms with Gasteiger partial charge >= 0.3 is 0 Å². The van der Waals surface area contributed by atoms with Crippen LogP contribution in [0.1, 0.15) is 5.56 Å². The molecule has 0 fully saturated rings. The molecule has 12 heavy (non-hydrogen) atoms. The van der Waals surface area contributed by atoms with Gasteiger partial charge in [-0.3, -0.25) is 0 Å². The van der Waals surface area contributed by atoms with E-state index in [0.29, 0.717) is 5.71 Å². The summed E-state index contributed by atoms with van der Waals surface area (Å²) in [5.41, 5.74) is 1.47. The van der Waals surface area contributed by atoms with E-state index >= 15 is 0 Å². The minimum atomic E-state index is 0.568. The molecule has 0 saturated carbocycles. The maximum absolute atomic E-state index is 5.13. The number of hydrazone groups is 2. The van der Waals surface area contributed by atoms with Gasteiger partial charge < -0.3 is 11.7 Å². The Morgan fingerprint density at radius 3 is 2.33 bits per heavy atom. The van der Waals surface area contributed by atoms with Crippen molar-refractivity contribution in [1.29, 1.82) is 0 Å². The lowest BCUT2D eigenvalue weighted by atomic mass is 10.1. The third-order valence-corrected chi connectivity index (χ3v) is 1.41. The molecule has 0 aliphatic rings. The lowest BCUT2D eigenvalue weighted by Crippen LogP contribution is -2.06. The van der Waals surface area contributed by atoms with Crippen molar-refractivity contribution < 1.29 is 0 Å². The van der Waals surface area contributed by atoms with E-state index in [9.17, 15) is 0 Å². The van der Waals surface area contributed by atoms with Crippen molar-refractivity contribution in [1.82, 2.24) is 0 Å². The molecule has 1 rings (SSSR count). The largest absolute Gasteiger partial charge is 0.323 e. The molecule has 0 amide bonds. The number of nitrogens with two attached hydrogens (primary N) is 2. The van der Waals surface area contributed by atoms with Crippen LogP contribution in [0.4, 0.5) is 0 Å². The van der Waals surface area contributed by atoms with Crippen molar-refractivity contribution in [2.24, 2.45) is 21.9 Å². The van der Waals surface area contributed by atoms with Crippen LogP contribution in [0, 0.1) is 0 Å². The molecule has 4 N–H and O–H groups in total. The molecule has 0 atom stereocenters. The summed E-state index contributed by atoms with van der Waals surface area (Å²) in [4.78, 5) is 0. The fourth-order valence-electron chi connectivity index (χ4n) is 0.862. The summed E-state index contributed by atoms with van der Waals surface area (Å²) in [6.07, 6.45) is 1.41. The minimum absolute atomic E-state index is 0.568. The first-order chi connectivity index (χ1) is 5.88. The summed E-state index contributed by atoms with van der Waals surface area (Å²) in [5.74, 6) is 10.1. The lowest BCUT2D eigenvalue weighted by Gasteiger charge is -1.96. The number of nitrogens with zero attached hydrogens (tertiary/aromatic N) is 2. The average molecular weight is 162 g/mol. The fraction of sp³-hybridized carbons (Fsp3) is 0. The molecule has 0 aliphatic carbocycles. The Morgan fingerprint density at radius 2 is 1.83 bits per heavy atom. The quantitative estimate of drug-likeness (QED) is 0.372. The van der Waals surface area contributed by atoms with E-state index in [1.165, 1.54) is 6.21 Å². The van der Waals surface area contributed by atoms with Gasteiger partial charge in [-0.1, -0.05) is 30.3 Å². The van der Waals surface area contributed by atoms with Gasteiger partial charge in [-0.05, 0) is 0 Å². The SMILES string of the molecule is NN=CC(=NN)c1ccccc1. The van der Waals surface area contributed by atoms with Crippen LogP contribution in [0.15, 0.2) is 40.5 Å². The summed E-state index contributed by atoms with van der Waals surface area (Å²) >= 11 is 0. The first-order valence-corrected chi connectivity index (χ1v) is 3.45. The van der Waals surface area contributed by atoms with E-state index in [1.54, 1.807) is 0 Å². The Morgan fingerprint density at radius 1 is 1.17 bits per heavy atom. The van der Waals surface area contributed by atoms with Crippen LogP contribution in [0.2, 0.25) is 0 Å². The molecular formula is C8H10N4. The van der Waals surface area contributed by atoms with Gasteiger partial charge in [0.15, 0.2) is 0 Å². The lowest BCUT2D eigenvalue weighted by molar-refractivity contribution is 1.24. The highest BCUT2D eigenvalue weighted by molar-refractivity contribution is 6.38. The third-order valence-electron chi connectivity index (χ3n) is 1.41. The Bertz CT molecular complexity index is 289. The smallest absolute Gasteiger partial charge is 0.110 e. The van der Waals surface area contributed by atoms with E-state index < -0.39 is 0 Å². The molecule has 1 aromatic carbocycles. The third kappa shape index (κ3) is 1.82. The molecular weight excluding hydrogens is 152 g/mol. The number of hydrogen-bond acceptors (Lipinski definition) is 4. The molecule has 0 aromatic heterocycles. The Labute approximate surface area is 70.6 Å². The van der Waals surface area contributed by atoms with Crippen molar-refractivity contribution in [2.45, 2.75) is 0 Å². The van der Waals surface area contributed by atoms with Crippen LogP contribution in [0.3, 0.4) is 0 Å². The molecule has 0 bridgehead atoms. The van der Waals surface area contributed by atoms with Gasteiger partial charge in [0, 0.05) is 5.56 Å². The van der Waals surface area contributed by atoms with Crippen LogP contribution in [0.5, 0.6) is 0 Å². The zero-order valence-electron chi connectivity index (χ0n) is 6.51. The van der Waals surface area contributed by atoms with E-state index in [4.69, 9.17) is 11.7 Å². The maximum Gasteiger partial charge on any atom is 0.110 e. The molecule has 0 unspecified atom stereocenters. The molecule has 0 radical (unpaired) electrons. The fourth-order valence-corrected chi connectivity index (χ4v) is 0.862. The van der Waals surface area contributed by atoms with Crippen LogP contribution in [-0.4, -0.2) is 11.9 Å². The van der Waals surface area contributed by atoms with Gasteiger partial charge in [0.1, 0.15) is 5.71 Å². The van der Waals surface area contributed by atoms with E-state index in [2.05, 4.69) is 10.2 Å². The maximum atomic E-state index is 5.13. The number of rotatable bonds is 2. The van der Waals surface area contributed by atoms with Gasteiger partial charge in [-0.25, -0.2) is 0 Å². The topological polar surface area (TPSA) is 76.8 Å². The predicted octanol–water partition coefficient (Wildman–Crippen LogP) is 0.294. The summed E-state index contributed by atoms with van der Waals surface area (Å²) in [5, 5.41) is 6.88. The van der Waals surface area contributed by atoms with Crippen LogP contribution in [0.25, 0.3) is 0 Å². The molecule has 1 aromatic rings. The van der Waals surface area contributed by atoms with E-state index in [-0.39, 0.29) is 0 Å². The Balaban J connectivity index is 2.97. The van der Waals surface area contributed by atoms with Crippen molar-refractivity contribution in [3.63, 3.8) is 0 Å². The van der Waals surface area contributed by atoms with Gasteiger partial charge in [-0.15, -0.1) is 0 Å². The van der Waals surface area contributed by atoms with Crippen LogP contribution >= 0.6 is 0 Å². The second kappa shape index (κ2) is 4.12. The summed E-state index contributed by atoms with van der Waals surface area (Å²) in [6, 6.07) is 9.47.